The lowest BCUT2D eigenvalue weighted by Gasteiger charge is -1.79. The lowest BCUT2D eigenvalue weighted by atomic mass is 10.9. The van der Waals surface area contributed by atoms with Gasteiger partial charge < -0.3 is 0 Å². The highest BCUT2D eigenvalue weighted by Gasteiger charge is 1.93. The molecule has 0 aliphatic carbocycles. The third kappa shape index (κ3) is 0.839. The minimum absolute atomic E-state index is 0.836. The Hall–Kier alpha value is 0.350. The summed E-state index contributed by atoms with van der Waals surface area (Å²) >= 11 is 0. The first-order valence-electron chi connectivity index (χ1n) is 1.60. The van der Waals surface area contributed by atoms with Crippen molar-refractivity contribution >= 4 is 8.73 Å². The molecule has 30 valence electrons. The van der Waals surface area contributed by atoms with E-state index in [0.717, 1.165) is 15.3 Å². The molecule has 0 aromatic heterocycles. The van der Waals surface area contributed by atoms with E-state index in [9.17, 15) is 0 Å². The first kappa shape index (κ1) is 3.54. The number of nitrogens with one attached hydrogen (secondary N) is 1. The van der Waals surface area contributed by atoms with E-state index in [1.165, 1.54) is 6.16 Å². The van der Waals surface area contributed by atoms with Crippen LogP contribution in [-0.4, -0.2) is 12.8 Å². The van der Waals surface area contributed by atoms with E-state index >= 15 is 0 Å². The smallest absolute Gasteiger partial charge is 0.0735 e. The molecule has 1 fully saturated rings. The average Bonchev–Trinajstić information content (AvgIpc) is 1.76. The largest absolute Gasteiger partial charge is 0.298 e. The summed E-state index contributed by atoms with van der Waals surface area (Å²) in [5.74, 6) is 0. The van der Waals surface area contributed by atoms with Crippen molar-refractivity contribution in [3.63, 3.8) is 0 Å². The van der Waals surface area contributed by atoms with Crippen LogP contribution >= 0.6 is 8.73 Å². The summed E-state index contributed by atoms with van der Waals surface area (Å²) in [5.41, 5.74) is 0. The topological polar surface area (TPSA) is 21.3 Å². The monoisotopic (exact) mass is 91.0 g/mol. The summed E-state index contributed by atoms with van der Waals surface area (Å²) in [6.45, 7) is 0.901. The van der Waals surface area contributed by atoms with Crippen LogP contribution in [0.1, 0.15) is 0 Å². The van der Waals surface area contributed by atoms with Gasteiger partial charge in [-0.3, -0.25) is 4.84 Å². The Kier molecular flexibility index (Phi) is 1.21. The normalized spacial score (nSPS) is 28.8. The van der Waals surface area contributed by atoms with Gasteiger partial charge in [0.15, 0.2) is 0 Å². The van der Waals surface area contributed by atoms with Gasteiger partial charge in [-0.25, -0.2) is 0 Å². The summed E-state index contributed by atoms with van der Waals surface area (Å²) < 4.78 is 0. The van der Waals surface area contributed by atoms with Crippen LogP contribution in [0.2, 0.25) is 0 Å². The molecular weight excluding hydrogens is 85.0 g/mol. The third-order valence-corrected chi connectivity index (χ3v) is 1.22. The molecule has 1 heterocycles. The zero-order chi connectivity index (χ0) is 3.54. The second kappa shape index (κ2) is 1.71. The molecule has 2 nitrogen and oxygen atoms in total. The Balaban J connectivity index is 2.08. The fraction of sp³-hybridized carbons (Fsp3) is 1.00. The van der Waals surface area contributed by atoms with E-state index in [0.29, 0.717) is 0 Å². The lowest BCUT2D eigenvalue weighted by Crippen LogP contribution is -1.90. The molecule has 1 saturated heterocycles. The minimum Gasteiger partial charge on any atom is -0.298 e. The molecule has 0 aromatic rings. The summed E-state index contributed by atoms with van der Waals surface area (Å²) in [6.07, 6.45) is 1.19. The first-order valence-corrected chi connectivity index (χ1v) is 2.80. The molecule has 1 N–H and O–H groups in total. The van der Waals surface area contributed by atoms with Crippen molar-refractivity contribution in [1.29, 1.82) is 0 Å². The zero-order valence-corrected chi connectivity index (χ0v) is 3.82. The molecule has 5 heavy (non-hydrogen) atoms. The molecule has 1 aliphatic rings. The predicted octanol–water partition coefficient (Wildman–Crippen LogP) is 0.115. The SMILES string of the molecule is C1CPNO1. The van der Waals surface area contributed by atoms with Crippen LogP contribution in [0.15, 0.2) is 0 Å². The van der Waals surface area contributed by atoms with Gasteiger partial charge in [0.25, 0.3) is 0 Å². The first-order chi connectivity index (χ1) is 2.50. The van der Waals surface area contributed by atoms with Gasteiger partial charge >= 0.3 is 0 Å². The van der Waals surface area contributed by atoms with Gasteiger partial charge in [0, 0.05) is 6.16 Å². The van der Waals surface area contributed by atoms with Crippen molar-refractivity contribution in [1.82, 2.24) is 5.25 Å². The molecule has 1 unspecified atom stereocenters. The fourth-order valence-electron chi connectivity index (χ4n) is 0.255. The highest BCUT2D eigenvalue weighted by molar-refractivity contribution is 7.35. The van der Waals surface area contributed by atoms with Crippen LogP contribution in [0.3, 0.4) is 0 Å². The quantitative estimate of drug-likeness (QED) is 0.427. The molecule has 0 aromatic carbocycles. The van der Waals surface area contributed by atoms with Crippen molar-refractivity contribution in [3.05, 3.63) is 0 Å². The van der Waals surface area contributed by atoms with Gasteiger partial charge in [0.1, 0.15) is 0 Å². The van der Waals surface area contributed by atoms with E-state index in [-0.39, 0.29) is 0 Å². The Labute approximate surface area is 32.7 Å². The average molecular weight is 91.0 g/mol. The second-order valence-electron chi connectivity index (χ2n) is 0.877. The Morgan fingerprint density at radius 2 is 2.80 bits per heavy atom. The van der Waals surface area contributed by atoms with Crippen molar-refractivity contribution < 1.29 is 4.84 Å². The molecule has 0 amide bonds. The highest BCUT2D eigenvalue weighted by atomic mass is 31.1. The summed E-state index contributed by atoms with van der Waals surface area (Å²) in [4.78, 5) is 4.71. The van der Waals surface area contributed by atoms with E-state index < -0.39 is 0 Å². The van der Waals surface area contributed by atoms with Crippen LogP contribution in [0.4, 0.5) is 0 Å². The van der Waals surface area contributed by atoms with E-state index in [1.807, 2.05) is 0 Å². The number of rotatable bonds is 0. The number of hydrogen-bond acceptors (Lipinski definition) is 2. The van der Waals surface area contributed by atoms with Crippen molar-refractivity contribution in [3.8, 4) is 0 Å². The van der Waals surface area contributed by atoms with Crippen LogP contribution in [-0.2, 0) is 4.84 Å². The van der Waals surface area contributed by atoms with Crippen LogP contribution in [0.5, 0.6) is 0 Å². The molecule has 1 atom stereocenters. The maximum atomic E-state index is 4.71. The van der Waals surface area contributed by atoms with Crippen molar-refractivity contribution in [2.45, 2.75) is 0 Å². The molecule has 0 radical (unpaired) electrons. The second-order valence-corrected chi connectivity index (χ2v) is 1.93. The predicted molar refractivity (Wildman–Crippen MR) is 22.3 cm³/mol. The fourth-order valence-corrected chi connectivity index (χ4v) is 0.765. The Morgan fingerprint density at radius 3 is 3.00 bits per heavy atom. The van der Waals surface area contributed by atoms with Gasteiger partial charge in [-0.15, -0.1) is 0 Å². The number of hydrogen-bond donors (Lipinski definition) is 1. The minimum atomic E-state index is 0.836. The van der Waals surface area contributed by atoms with E-state index in [4.69, 9.17) is 4.84 Å². The maximum absolute atomic E-state index is 4.71. The summed E-state index contributed by atoms with van der Waals surface area (Å²) in [6, 6.07) is 0. The molecule has 1 rings (SSSR count). The van der Waals surface area contributed by atoms with Gasteiger partial charge in [-0.2, -0.15) is 5.25 Å². The highest BCUT2D eigenvalue weighted by Crippen LogP contribution is 2.07. The Morgan fingerprint density at radius 1 is 1.80 bits per heavy atom. The molecule has 0 spiro atoms. The van der Waals surface area contributed by atoms with Crippen LogP contribution in [0.25, 0.3) is 0 Å². The maximum Gasteiger partial charge on any atom is 0.0735 e. The van der Waals surface area contributed by atoms with Crippen LogP contribution in [0, 0.1) is 0 Å². The van der Waals surface area contributed by atoms with Gasteiger partial charge in [-0.1, -0.05) is 0 Å². The molecule has 1 aliphatic heterocycles. The van der Waals surface area contributed by atoms with Gasteiger partial charge in [0.2, 0.25) is 0 Å². The van der Waals surface area contributed by atoms with Crippen molar-refractivity contribution in [2.24, 2.45) is 0 Å². The summed E-state index contributed by atoms with van der Waals surface area (Å²) in [5, 5.41) is 2.75. The van der Waals surface area contributed by atoms with Crippen LogP contribution < -0.4 is 5.25 Å². The Bertz CT molecular complexity index is 21.2. The molecule has 0 saturated carbocycles. The zero-order valence-electron chi connectivity index (χ0n) is 2.82. The summed E-state index contributed by atoms with van der Waals surface area (Å²) in [7, 11) is 0.836. The van der Waals surface area contributed by atoms with E-state index in [2.05, 4.69) is 5.25 Å². The molecular formula is C2H6NOP. The van der Waals surface area contributed by atoms with Gasteiger partial charge in [0.05, 0.1) is 6.61 Å². The molecule has 0 bridgehead atoms. The standard InChI is InChI=1S/C2H6NOP/c1-2-5-3-4-1/h3,5H,1-2H2. The van der Waals surface area contributed by atoms with E-state index in [1.54, 1.807) is 0 Å². The van der Waals surface area contributed by atoms with Crippen molar-refractivity contribution in [2.75, 3.05) is 12.8 Å². The lowest BCUT2D eigenvalue weighted by molar-refractivity contribution is 0.132. The third-order valence-electron chi connectivity index (χ3n) is 0.473. The van der Waals surface area contributed by atoms with Gasteiger partial charge in [-0.05, 0) is 8.73 Å². The molecule has 3 heteroatoms.